The molecular formula is CH6NO3V. The zero-order chi connectivity index (χ0) is 4.28. The van der Waals surface area contributed by atoms with Gasteiger partial charge in [-0.1, -0.05) is 0 Å². The van der Waals surface area contributed by atoms with Gasteiger partial charge in [-0.25, -0.2) is 0 Å². The van der Waals surface area contributed by atoms with Crippen LogP contribution in [0.5, 0.6) is 0 Å². The molecule has 0 rings (SSSR count). The van der Waals surface area contributed by atoms with Gasteiger partial charge in [-0.3, -0.25) is 0 Å². The number of hydrogen-bond donors (Lipinski definition) is 1. The van der Waals surface area contributed by atoms with Crippen LogP contribution < -0.4 is 6.15 Å². The molecule has 0 aliphatic rings. The van der Waals surface area contributed by atoms with Crippen LogP contribution in [0.25, 0.3) is 0 Å². The Balaban J connectivity index is 0. The summed E-state index contributed by atoms with van der Waals surface area (Å²) in [6, 6.07) is 0. The van der Waals surface area contributed by atoms with E-state index in [2.05, 4.69) is 3.66 Å². The van der Waals surface area contributed by atoms with Crippen molar-refractivity contribution < 1.29 is 26.4 Å². The maximum Gasteiger partial charge on any atom is -0.344 e. The third-order valence-electron chi connectivity index (χ3n) is 0.149. The van der Waals surface area contributed by atoms with E-state index in [1.165, 1.54) is 0 Å². The van der Waals surface area contributed by atoms with Crippen molar-refractivity contribution in [1.29, 1.82) is 0 Å². The SMILES string of the molecule is C[O][V](=[O])=[O].N. The fraction of sp³-hybridized carbons (Fsp3) is 1.00. The van der Waals surface area contributed by atoms with E-state index in [4.69, 9.17) is 0 Å². The summed E-state index contributed by atoms with van der Waals surface area (Å²) in [5.41, 5.74) is 0. The second-order valence-electron chi connectivity index (χ2n) is 0.406. The van der Waals surface area contributed by atoms with E-state index in [9.17, 15) is 7.35 Å². The molecule has 0 spiro atoms. The van der Waals surface area contributed by atoms with Gasteiger partial charge in [0.25, 0.3) is 0 Å². The first-order valence-corrected chi connectivity index (χ1v) is 2.67. The van der Waals surface area contributed by atoms with E-state index in [0.717, 1.165) is 7.11 Å². The predicted octanol–water partition coefficient (Wildman–Crippen LogP) is 0.0190. The van der Waals surface area contributed by atoms with Gasteiger partial charge >= 0.3 is 33.5 Å². The third kappa shape index (κ3) is 8.93. The molecule has 0 saturated carbocycles. The average Bonchev–Trinajstić information content (AvgIpc) is 1.38. The van der Waals surface area contributed by atoms with Crippen molar-refractivity contribution >= 4 is 0 Å². The van der Waals surface area contributed by atoms with Crippen LogP contribution in [0.1, 0.15) is 0 Å². The molecule has 0 heterocycles. The van der Waals surface area contributed by atoms with Crippen molar-refractivity contribution in [3.63, 3.8) is 0 Å². The van der Waals surface area contributed by atoms with Crippen LogP contribution in [0.2, 0.25) is 0 Å². The Bertz CT molecular complexity index is 68.9. The van der Waals surface area contributed by atoms with Crippen LogP contribution in [0.4, 0.5) is 0 Å². The zero-order valence-corrected chi connectivity index (χ0v) is 4.78. The molecule has 4 nitrogen and oxygen atoms in total. The van der Waals surface area contributed by atoms with Gasteiger partial charge in [-0.15, -0.1) is 0 Å². The molecule has 6 heavy (non-hydrogen) atoms. The molecule has 0 amide bonds. The van der Waals surface area contributed by atoms with Gasteiger partial charge < -0.3 is 6.15 Å². The van der Waals surface area contributed by atoms with Gasteiger partial charge in [-0.05, 0) is 0 Å². The molecule has 0 bridgehead atoms. The Morgan fingerprint density at radius 3 is 1.67 bits per heavy atom. The molecule has 5 heteroatoms. The summed E-state index contributed by atoms with van der Waals surface area (Å²) in [7, 11) is 1.14. The third-order valence-corrected chi connectivity index (χ3v) is 0.615. The molecular weight excluding hydrogens is 125 g/mol. The quantitative estimate of drug-likeness (QED) is 0.543. The van der Waals surface area contributed by atoms with Crippen molar-refractivity contribution in [2.75, 3.05) is 7.11 Å². The molecule has 0 aliphatic carbocycles. The Morgan fingerprint density at radius 1 is 1.50 bits per heavy atom. The minimum absolute atomic E-state index is 0. The fourth-order valence-electron chi connectivity index (χ4n) is 0. The number of hydrogen-bond acceptors (Lipinski definition) is 4. The largest absolute Gasteiger partial charge is 0.344 e. The molecule has 0 radical (unpaired) electrons. The molecule has 0 saturated heterocycles. The molecule has 0 fully saturated rings. The average molecular weight is 131 g/mol. The van der Waals surface area contributed by atoms with Crippen molar-refractivity contribution in [2.45, 2.75) is 0 Å². The summed E-state index contributed by atoms with van der Waals surface area (Å²) < 4.78 is 22.3. The van der Waals surface area contributed by atoms with Gasteiger partial charge in [0.2, 0.25) is 0 Å². The standard InChI is InChI=1S/CH3O.H3N.2O.V/c1-2;;;;/h1H3;1H3;;;/q-1;;;;+1. The molecule has 0 aromatic carbocycles. The summed E-state index contributed by atoms with van der Waals surface area (Å²) >= 11 is -3.20. The van der Waals surface area contributed by atoms with E-state index in [1.807, 2.05) is 0 Å². The summed E-state index contributed by atoms with van der Waals surface area (Å²) in [6.45, 7) is 0. The van der Waals surface area contributed by atoms with Gasteiger partial charge in [0.15, 0.2) is 0 Å². The summed E-state index contributed by atoms with van der Waals surface area (Å²) in [5.74, 6) is 0. The first-order chi connectivity index (χ1) is 2.27. The maximum absolute atomic E-state index is 9.26. The number of rotatable bonds is 1. The Labute approximate surface area is 40.4 Å². The van der Waals surface area contributed by atoms with E-state index < -0.39 is 15.4 Å². The Morgan fingerprint density at radius 2 is 1.67 bits per heavy atom. The second kappa shape index (κ2) is 5.10. The molecule has 0 aliphatic heterocycles. The van der Waals surface area contributed by atoms with E-state index in [0.29, 0.717) is 0 Å². The van der Waals surface area contributed by atoms with E-state index in [-0.39, 0.29) is 6.15 Å². The van der Waals surface area contributed by atoms with Crippen LogP contribution in [-0.4, -0.2) is 7.11 Å². The summed E-state index contributed by atoms with van der Waals surface area (Å²) in [5, 5.41) is 0. The molecule has 0 unspecified atom stereocenters. The van der Waals surface area contributed by atoms with Crippen LogP contribution in [-0.2, 0) is 26.4 Å². The van der Waals surface area contributed by atoms with Gasteiger partial charge in [0.1, 0.15) is 0 Å². The fourth-order valence-corrected chi connectivity index (χ4v) is 0. The molecule has 3 N–H and O–H groups in total. The Kier molecular flexibility index (Phi) is 8.03. The first kappa shape index (κ1) is 9.44. The summed E-state index contributed by atoms with van der Waals surface area (Å²) in [6.07, 6.45) is 0. The normalized spacial score (nSPS) is 6.17. The molecule has 0 atom stereocenters. The van der Waals surface area contributed by atoms with E-state index in [1.54, 1.807) is 0 Å². The monoisotopic (exact) mass is 131 g/mol. The minimum atomic E-state index is -3.20. The summed E-state index contributed by atoms with van der Waals surface area (Å²) in [4.78, 5) is 0. The van der Waals surface area contributed by atoms with Crippen LogP contribution in [0.3, 0.4) is 0 Å². The second-order valence-corrected chi connectivity index (χ2v) is 1.67. The maximum atomic E-state index is 9.26. The van der Waals surface area contributed by atoms with Crippen molar-refractivity contribution in [2.24, 2.45) is 0 Å². The molecule has 0 aromatic rings. The van der Waals surface area contributed by atoms with Gasteiger partial charge in [0.05, 0.1) is 0 Å². The van der Waals surface area contributed by atoms with Gasteiger partial charge in [0, 0.05) is 0 Å². The minimum Gasteiger partial charge on any atom is -0.344 e. The first-order valence-electron chi connectivity index (χ1n) is 0.956. The van der Waals surface area contributed by atoms with Crippen LogP contribution in [0, 0.1) is 0 Å². The molecule has 38 valence electrons. The Hall–Kier alpha value is 0.104. The molecule has 0 aromatic heterocycles. The topological polar surface area (TPSA) is 78.4 Å². The van der Waals surface area contributed by atoms with Crippen LogP contribution >= 0.6 is 0 Å². The van der Waals surface area contributed by atoms with Crippen LogP contribution in [0.15, 0.2) is 0 Å². The van der Waals surface area contributed by atoms with Gasteiger partial charge in [-0.2, -0.15) is 0 Å². The smallest absolute Gasteiger partial charge is 0.344 e. The van der Waals surface area contributed by atoms with E-state index >= 15 is 0 Å². The predicted molar refractivity (Wildman–Crippen MR) is 13.4 cm³/mol. The zero-order valence-electron chi connectivity index (χ0n) is 3.38. The van der Waals surface area contributed by atoms with Crippen molar-refractivity contribution in [1.82, 2.24) is 6.15 Å². The van der Waals surface area contributed by atoms with Crippen molar-refractivity contribution in [3.8, 4) is 0 Å². The van der Waals surface area contributed by atoms with Crippen molar-refractivity contribution in [3.05, 3.63) is 0 Å².